The molecule has 170 valence electrons. The highest BCUT2D eigenvalue weighted by Gasteiger charge is 2.22. The van der Waals surface area contributed by atoms with E-state index in [9.17, 15) is 24.5 Å². The number of nitro benzene ring substituents is 1. The third kappa shape index (κ3) is 4.94. The number of rotatable bonds is 6. The molecular weight excluding hydrogens is 428 g/mol. The summed E-state index contributed by atoms with van der Waals surface area (Å²) in [5, 5.41) is 17.2. The lowest BCUT2D eigenvalue weighted by Crippen LogP contribution is -2.50. The quantitative estimate of drug-likeness (QED) is 0.289. The van der Waals surface area contributed by atoms with Gasteiger partial charge in [0.15, 0.2) is 5.82 Å². The van der Waals surface area contributed by atoms with Crippen molar-refractivity contribution in [3.8, 4) is 0 Å². The molecule has 3 N–H and O–H groups in total. The number of ketones is 1. The highest BCUT2D eigenvalue weighted by Crippen LogP contribution is 2.18. The Labute approximate surface area is 188 Å². The molecule has 3 aromatic rings. The fourth-order valence-corrected chi connectivity index (χ4v) is 3.74. The standard InChI is InChI=1S/C22H22N6O5/c1-27-8-7-23-12-16(27)11-19(29)24-14-5-6-18-17(10-14)22(31)26-21(25-18)20(30)13-3-2-4-15(9-13)28(32)33/h2-6,9-10,16,23H,7-8,11-12H2,1H3,(H,24,29)(H,25,26,31). The number of carbonyl (C=O) groups excluding carboxylic acids is 2. The number of nitrogens with one attached hydrogen (secondary N) is 3. The van der Waals surface area contributed by atoms with Gasteiger partial charge in [0, 0.05) is 55.5 Å². The smallest absolute Gasteiger partial charge is 0.270 e. The number of non-ortho nitro benzene ring substituents is 1. The first-order chi connectivity index (χ1) is 15.8. The van der Waals surface area contributed by atoms with Gasteiger partial charge in [0.05, 0.1) is 15.8 Å². The van der Waals surface area contributed by atoms with E-state index in [4.69, 9.17) is 0 Å². The number of nitro groups is 1. The molecule has 1 aromatic heterocycles. The van der Waals surface area contributed by atoms with Crippen LogP contribution in [-0.2, 0) is 4.79 Å². The van der Waals surface area contributed by atoms with Gasteiger partial charge in [-0.2, -0.15) is 0 Å². The number of hydrogen-bond acceptors (Lipinski definition) is 8. The number of nitrogens with zero attached hydrogens (tertiary/aromatic N) is 3. The Balaban J connectivity index is 1.54. The average Bonchev–Trinajstić information content (AvgIpc) is 2.80. The van der Waals surface area contributed by atoms with Gasteiger partial charge in [-0.3, -0.25) is 24.5 Å². The Kier molecular flexibility index (Phi) is 6.24. The number of hydrogen-bond donors (Lipinski definition) is 3. The summed E-state index contributed by atoms with van der Waals surface area (Å²) in [6, 6.07) is 9.94. The molecule has 11 heteroatoms. The summed E-state index contributed by atoms with van der Waals surface area (Å²) in [5.41, 5.74) is -0.0378. The number of aromatic nitrogens is 2. The van der Waals surface area contributed by atoms with E-state index in [0.717, 1.165) is 25.7 Å². The number of aromatic amines is 1. The van der Waals surface area contributed by atoms with Crippen molar-refractivity contribution in [2.75, 3.05) is 32.0 Å². The normalized spacial score (nSPS) is 16.5. The van der Waals surface area contributed by atoms with Crippen LogP contribution in [-0.4, -0.2) is 64.2 Å². The summed E-state index contributed by atoms with van der Waals surface area (Å²) in [6.45, 7) is 2.49. The maximum atomic E-state index is 12.7. The van der Waals surface area contributed by atoms with Crippen molar-refractivity contribution in [1.82, 2.24) is 20.2 Å². The van der Waals surface area contributed by atoms with Crippen LogP contribution in [0, 0.1) is 10.1 Å². The number of likely N-dealkylation sites (N-methyl/N-ethyl adjacent to an activating group) is 1. The highest BCUT2D eigenvalue weighted by atomic mass is 16.6. The molecule has 1 atom stereocenters. The largest absolute Gasteiger partial charge is 0.326 e. The van der Waals surface area contributed by atoms with Crippen LogP contribution in [0.15, 0.2) is 47.3 Å². The summed E-state index contributed by atoms with van der Waals surface area (Å²) >= 11 is 0. The van der Waals surface area contributed by atoms with Crippen molar-refractivity contribution in [2.45, 2.75) is 12.5 Å². The van der Waals surface area contributed by atoms with Gasteiger partial charge in [0.25, 0.3) is 11.2 Å². The molecule has 2 heterocycles. The summed E-state index contributed by atoms with van der Waals surface area (Å²) in [4.78, 5) is 56.9. The first-order valence-corrected chi connectivity index (χ1v) is 10.4. The molecule has 1 saturated heterocycles. The first-order valence-electron chi connectivity index (χ1n) is 10.4. The zero-order valence-electron chi connectivity index (χ0n) is 17.8. The van der Waals surface area contributed by atoms with Gasteiger partial charge in [0.1, 0.15) is 0 Å². The molecule has 33 heavy (non-hydrogen) atoms. The first kappa shape index (κ1) is 22.2. The molecule has 1 aliphatic rings. The molecule has 0 spiro atoms. The van der Waals surface area contributed by atoms with Crippen molar-refractivity contribution in [1.29, 1.82) is 0 Å². The molecule has 0 radical (unpaired) electrons. The van der Waals surface area contributed by atoms with E-state index in [2.05, 4.69) is 25.5 Å². The van der Waals surface area contributed by atoms with Crippen LogP contribution < -0.4 is 16.2 Å². The van der Waals surface area contributed by atoms with Gasteiger partial charge in [-0.25, -0.2) is 4.98 Å². The Morgan fingerprint density at radius 2 is 2.09 bits per heavy atom. The molecule has 1 amide bonds. The summed E-state index contributed by atoms with van der Waals surface area (Å²) < 4.78 is 0. The fourth-order valence-electron chi connectivity index (χ4n) is 3.74. The van der Waals surface area contributed by atoms with Crippen molar-refractivity contribution in [3.63, 3.8) is 0 Å². The monoisotopic (exact) mass is 450 g/mol. The van der Waals surface area contributed by atoms with Crippen LogP contribution in [0.4, 0.5) is 11.4 Å². The second-order valence-electron chi connectivity index (χ2n) is 7.87. The lowest BCUT2D eigenvalue weighted by molar-refractivity contribution is -0.384. The number of carbonyl (C=O) groups is 2. The number of H-pyrrole nitrogens is 1. The van der Waals surface area contributed by atoms with E-state index in [0.29, 0.717) is 12.1 Å². The Morgan fingerprint density at radius 3 is 2.85 bits per heavy atom. The van der Waals surface area contributed by atoms with Crippen molar-refractivity contribution >= 4 is 34.0 Å². The predicted molar refractivity (Wildman–Crippen MR) is 121 cm³/mol. The number of benzene rings is 2. The van der Waals surface area contributed by atoms with Crippen LogP contribution in [0.5, 0.6) is 0 Å². The molecule has 4 rings (SSSR count). The second kappa shape index (κ2) is 9.27. The number of anilines is 1. The molecule has 1 fully saturated rings. The maximum absolute atomic E-state index is 12.7. The fraction of sp³-hybridized carbons (Fsp3) is 0.273. The molecule has 0 bridgehead atoms. The molecule has 0 saturated carbocycles. The maximum Gasteiger partial charge on any atom is 0.270 e. The lowest BCUT2D eigenvalue weighted by Gasteiger charge is -2.32. The van der Waals surface area contributed by atoms with E-state index >= 15 is 0 Å². The van der Waals surface area contributed by atoms with Crippen LogP contribution in [0.2, 0.25) is 0 Å². The summed E-state index contributed by atoms with van der Waals surface area (Å²) in [5.74, 6) is -1.03. The Morgan fingerprint density at radius 1 is 1.27 bits per heavy atom. The SMILES string of the molecule is CN1CCNCC1CC(=O)Nc1ccc2nc(C(=O)c3cccc([N+](=O)[O-])c3)[nH]c(=O)c2c1. The number of fused-ring (bicyclic) bond motifs is 1. The van der Waals surface area contributed by atoms with Crippen LogP contribution in [0.1, 0.15) is 22.6 Å². The van der Waals surface area contributed by atoms with E-state index in [-0.39, 0.29) is 39.9 Å². The van der Waals surface area contributed by atoms with E-state index in [1.54, 1.807) is 12.1 Å². The Bertz CT molecular complexity index is 1300. The van der Waals surface area contributed by atoms with E-state index in [1.807, 2.05) is 7.05 Å². The van der Waals surface area contributed by atoms with Crippen LogP contribution in [0.25, 0.3) is 10.9 Å². The third-order valence-corrected chi connectivity index (χ3v) is 5.59. The minimum Gasteiger partial charge on any atom is -0.326 e. The van der Waals surface area contributed by atoms with Crippen LogP contribution >= 0.6 is 0 Å². The van der Waals surface area contributed by atoms with E-state index in [1.165, 1.54) is 24.3 Å². The summed E-state index contributed by atoms with van der Waals surface area (Å²) in [6.07, 6.45) is 0.312. The third-order valence-electron chi connectivity index (χ3n) is 5.59. The average molecular weight is 450 g/mol. The summed E-state index contributed by atoms with van der Waals surface area (Å²) in [7, 11) is 1.98. The van der Waals surface area contributed by atoms with Gasteiger partial charge in [0.2, 0.25) is 11.7 Å². The topological polar surface area (TPSA) is 150 Å². The van der Waals surface area contributed by atoms with Crippen molar-refractivity contribution < 1.29 is 14.5 Å². The minimum atomic E-state index is -0.639. The van der Waals surface area contributed by atoms with Crippen molar-refractivity contribution in [2.24, 2.45) is 0 Å². The zero-order valence-corrected chi connectivity index (χ0v) is 17.8. The van der Waals surface area contributed by atoms with E-state index < -0.39 is 16.3 Å². The zero-order chi connectivity index (χ0) is 23.5. The molecule has 1 aliphatic heterocycles. The predicted octanol–water partition coefficient (Wildman–Crippen LogP) is 1.29. The number of piperazine rings is 1. The molecular formula is C22H22N6O5. The number of amides is 1. The molecule has 2 aromatic carbocycles. The molecule has 11 nitrogen and oxygen atoms in total. The van der Waals surface area contributed by atoms with Gasteiger partial charge < -0.3 is 20.5 Å². The van der Waals surface area contributed by atoms with Gasteiger partial charge in [-0.15, -0.1) is 0 Å². The van der Waals surface area contributed by atoms with Gasteiger partial charge in [-0.05, 0) is 25.2 Å². The highest BCUT2D eigenvalue weighted by molar-refractivity contribution is 6.07. The minimum absolute atomic E-state index is 0.0396. The van der Waals surface area contributed by atoms with Gasteiger partial charge in [-0.1, -0.05) is 12.1 Å². The molecule has 0 aliphatic carbocycles. The van der Waals surface area contributed by atoms with Crippen molar-refractivity contribution in [3.05, 3.63) is 74.3 Å². The molecule has 1 unspecified atom stereocenters. The lowest BCUT2D eigenvalue weighted by atomic mass is 10.1. The van der Waals surface area contributed by atoms with Crippen LogP contribution in [0.3, 0.4) is 0 Å². The second-order valence-corrected chi connectivity index (χ2v) is 7.87. The Hall–Kier alpha value is -3.96. The van der Waals surface area contributed by atoms with Gasteiger partial charge >= 0.3 is 0 Å².